The molecular formula is C9H12NNaO3S. The number of hydrogen-bond acceptors (Lipinski definition) is 4. The molecule has 1 rings (SSSR count). The van der Waals surface area contributed by atoms with E-state index in [1.165, 1.54) is 0 Å². The first-order valence-electron chi connectivity index (χ1n) is 4.13. The van der Waals surface area contributed by atoms with E-state index in [1.807, 2.05) is 26.0 Å². The van der Waals surface area contributed by atoms with Gasteiger partial charge in [-0.3, -0.25) is 0 Å². The molecule has 0 saturated heterocycles. The van der Waals surface area contributed by atoms with Crippen LogP contribution in [0.2, 0.25) is 0 Å². The molecule has 0 unspecified atom stereocenters. The number of nitrogens with one attached hydrogen (secondary N) is 1. The van der Waals surface area contributed by atoms with Crippen LogP contribution in [0.3, 0.4) is 0 Å². The predicted octanol–water partition coefficient (Wildman–Crippen LogP) is -1.78. The fraction of sp³-hybridized carbons (Fsp3) is 0.333. The number of anilines is 1. The molecule has 0 atom stereocenters. The number of benzene rings is 1. The van der Waals surface area contributed by atoms with Crippen LogP contribution in [0.4, 0.5) is 5.69 Å². The van der Waals surface area contributed by atoms with Crippen LogP contribution in [0.25, 0.3) is 0 Å². The minimum atomic E-state index is -4.21. The van der Waals surface area contributed by atoms with E-state index in [2.05, 4.69) is 5.32 Å². The van der Waals surface area contributed by atoms with E-state index in [1.54, 1.807) is 6.07 Å². The smallest absolute Gasteiger partial charge is 0.747 e. The number of hydrogen-bond donors (Lipinski definition) is 1. The Hall–Kier alpha value is -0.0700. The molecule has 0 aliphatic rings. The average Bonchev–Trinajstić information content (AvgIpc) is 2.05. The van der Waals surface area contributed by atoms with Gasteiger partial charge in [-0.1, -0.05) is 12.1 Å². The van der Waals surface area contributed by atoms with E-state index in [4.69, 9.17) is 0 Å². The molecule has 1 N–H and O–H groups in total. The van der Waals surface area contributed by atoms with Crippen LogP contribution in [-0.4, -0.2) is 18.8 Å². The zero-order chi connectivity index (χ0) is 10.8. The molecular weight excluding hydrogens is 225 g/mol. The molecule has 4 nitrogen and oxygen atoms in total. The first-order valence-corrected chi connectivity index (χ1v) is 5.71. The molecule has 0 radical (unpaired) electrons. The van der Waals surface area contributed by atoms with Crippen molar-refractivity contribution in [3.63, 3.8) is 0 Å². The van der Waals surface area contributed by atoms with Gasteiger partial charge in [-0.05, 0) is 31.0 Å². The monoisotopic (exact) mass is 237 g/mol. The summed E-state index contributed by atoms with van der Waals surface area (Å²) in [6, 6.07) is 5.60. The Labute approximate surface area is 112 Å². The van der Waals surface area contributed by atoms with E-state index >= 15 is 0 Å². The quantitative estimate of drug-likeness (QED) is 0.498. The van der Waals surface area contributed by atoms with Crippen LogP contribution in [0.15, 0.2) is 18.2 Å². The second-order valence-electron chi connectivity index (χ2n) is 3.20. The minimum Gasteiger partial charge on any atom is -0.747 e. The Morgan fingerprint density at radius 1 is 1.33 bits per heavy atom. The Morgan fingerprint density at radius 2 is 1.93 bits per heavy atom. The Bertz CT molecular complexity index is 431. The standard InChI is InChI=1S/C9H13NO3S.Na/c1-7-3-4-8(2)9(5-7)10-6-14(11,12)13;/h3-5,10H,6H2,1-2H3,(H,11,12,13);/q;+1/p-1. The van der Waals surface area contributed by atoms with Crippen molar-refractivity contribution >= 4 is 15.8 Å². The van der Waals surface area contributed by atoms with Gasteiger partial charge in [0, 0.05) is 5.69 Å². The summed E-state index contributed by atoms with van der Waals surface area (Å²) in [6.07, 6.45) is 0. The topological polar surface area (TPSA) is 69.2 Å². The summed E-state index contributed by atoms with van der Waals surface area (Å²) in [5, 5.41) is 2.59. The van der Waals surface area contributed by atoms with Gasteiger partial charge in [-0.15, -0.1) is 0 Å². The predicted molar refractivity (Wildman–Crippen MR) is 54.1 cm³/mol. The van der Waals surface area contributed by atoms with Crippen molar-refractivity contribution in [2.45, 2.75) is 13.8 Å². The van der Waals surface area contributed by atoms with Crippen molar-refractivity contribution in [3.8, 4) is 0 Å². The summed E-state index contributed by atoms with van der Waals surface area (Å²) in [4.78, 5) is 0. The molecule has 15 heavy (non-hydrogen) atoms. The summed E-state index contributed by atoms with van der Waals surface area (Å²) in [7, 11) is -4.21. The summed E-state index contributed by atoms with van der Waals surface area (Å²) < 4.78 is 31.1. The van der Waals surface area contributed by atoms with Crippen LogP contribution in [0.1, 0.15) is 11.1 Å². The molecule has 0 bridgehead atoms. The third-order valence-corrected chi connectivity index (χ3v) is 2.33. The fourth-order valence-electron chi connectivity index (χ4n) is 1.09. The van der Waals surface area contributed by atoms with Crippen molar-refractivity contribution in [2.24, 2.45) is 0 Å². The summed E-state index contributed by atoms with van der Waals surface area (Å²) in [6.45, 7) is 3.75. The van der Waals surface area contributed by atoms with E-state index in [0.29, 0.717) is 5.69 Å². The van der Waals surface area contributed by atoms with Crippen molar-refractivity contribution in [2.75, 3.05) is 11.2 Å². The van der Waals surface area contributed by atoms with E-state index in [-0.39, 0.29) is 29.6 Å². The van der Waals surface area contributed by atoms with Gasteiger partial charge in [-0.2, -0.15) is 0 Å². The van der Waals surface area contributed by atoms with Crippen LogP contribution in [0, 0.1) is 13.8 Å². The molecule has 1 aromatic carbocycles. The van der Waals surface area contributed by atoms with Gasteiger partial charge >= 0.3 is 29.6 Å². The molecule has 0 aliphatic heterocycles. The van der Waals surface area contributed by atoms with Crippen LogP contribution in [0.5, 0.6) is 0 Å². The van der Waals surface area contributed by atoms with E-state index < -0.39 is 16.0 Å². The maximum atomic E-state index is 10.4. The van der Waals surface area contributed by atoms with Gasteiger partial charge < -0.3 is 9.87 Å². The van der Waals surface area contributed by atoms with Gasteiger partial charge in [0.05, 0.1) is 0 Å². The Balaban J connectivity index is 0.00000196. The zero-order valence-corrected chi connectivity index (χ0v) is 11.9. The third kappa shape index (κ3) is 5.53. The third-order valence-electron chi connectivity index (χ3n) is 1.83. The van der Waals surface area contributed by atoms with Gasteiger partial charge in [0.2, 0.25) is 0 Å². The minimum absolute atomic E-state index is 0. The molecule has 0 saturated carbocycles. The van der Waals surface area contributed by atoms with E-state index in [9.17, 15) is 13.0 Å². The molecule has 0 aromatic heterocycles. The van der Waals surface area contributed by atoms with Gasteiger partial charge in [0.15, 0.2) is 0 Å². The van der Waals surface area contributed by atoms with Crippen molar-refractivity contribution in [1.29, 1.82) is 0 Å². The molecule has 78 valence electrons. The summed E-state index contributed by atoms with van der Waals surface area (Å²) in [5.74, 6) is -0.572. The largest absolute Gasteiger partial charge is 1.00 e. The SMILES string of the molecule is Cc1ccc(C)c(NCS(=O)(=O)[O-])c1.[Na+]. The summed E-state index contributed by atoms with van der Waals surface area (Å²) in [5.41, 5.74) is 2.62. The van der Waals surface area contributed by atoms with Gasteiger partial charge in [0.25, 0.3) is 0 Å². The second-order valence-corrected chi connectivity index (χ2v) is 4.60. The Kier molecular flexibility index (Phi) is 5.84. The van der Waals surface area contributed by atoms with Crippen molar-refractivity contribution in [1.82, 2.24) is 0 Å². The van der Waals surface area contributed by atoms with Crippen molar-refractivity contribution < 1.29 is 42.5 Å². The molecule has 1 aromatic rings. The maximum Gasteiger partial charge on any atom is 1.00 e. The molecule has 0 aliphatic carbocycles. The number of aryl methyl sites for hydroxylation is 2. The first-order chi connectivity index (χ1) is 6.38. The van der Waals surface area contributed by atoms with E-state index in [0.717, 1.165) is 11.1 Å². The first kappa shape index (κ1) is 14.9. The van der Waals surface area contributed by atoms with Crippen molar-refractivity contribution in [3.05, 3.63) is 29.3 Å². The molecule has 0 fully saturated rings. The van der Waals surface area contributed by atoms with Crippen LogP contribution < -0.4 is 34.9 Å². The van der Waals surface area contributed by atoms with Crippen LogP contribution in [-0.2, 0) is 10.1 Å². The molecule has 0 spiro atoms. The number of rotatable bonds is 3. The fourth-order valence-corrected chi connectivity index (χ4v) is 1.42. The Morgan fingerprint density at radius 3 is 2.47 bits per heavy atom. The normalized spacial score (nSPS) is 10.6. The summed E-state index contributed by atoms with van der Waals surface area (Å²) >= 11 is 0. The van der Waals surface area contributed by atoms with Gasteiger partial charge in [-0.25, -0.2) is 8.42 Å². The maximum absolute atomic E-state index is 10.4. The van der Waals surface area contributed by atoms with Gasteiger partial charge in [0.1, 0.15) is 16.0 Å². The molecule has 0 heterocycles. The second kappa shape index (κ2) is 5.86. The average molecular weight is 237 g/mol. The van der Waals surface area contributed by atoms with Crippen LogP contribution >= 0.6 is 0 Å². The zero-order valence-electron chi connectivity index (χ0n) is 9.07. The molecule has 6 heteroatoms. The molecule has 0 amide bonds.